The van der Waals surface area contributed by atoms with Crippen molar-refractivity contribution in [2.24, 2.45) is 0 Å². The minimum atomic E-state index is -0.246. The van der Waals surface area contributed by atoms with Crippen LogP contribution in [0.25, 0.3) is 0 Å². The average Bonchev–Trinajstić information content (AvgIpc) is 2.63. The molecular weight excluding hydrogens is 318 g/mol. The monoisotopic (exact) mass is 339 g/mol. The van der Waals surface area contributed by atoms with Crippen LogP contribution in [0.4, 0.5) is 22.9 Å². The standard InChI is InChI=1S/C18H21N5O2/c1-3-17(24)21-14-5-4-6-15(11-14)22-18-16(12-19-13(2)20-18)23-7-9-25-10-8-23/h3-6,11-12H,1,7-10H2,2H3,(H,21,24)(H,19,20,22). The molecule has 7 nitrogen and oxygen atoms in total. The third-order valence-corrected chi connectivity index (χ3v) is 3.82. The Morgan fingerprint density at radius 2 is 2.08 bits per heavy atom. The van der Waals surface area contributed by atoms with E-state index in [2.05, 4.69) is 32.1 Å². The van der Waals surface area contributed by atoms with Crippen LogP contribution < -0.4 is 15.5 Å². The normalized spacial score (nSPS) is 14.0. The summed E-state index contributed by atoms with van der Waals surface area (Å²) in [6.45, 7) is 8.30. The third kappa shape index (κ3) is 4.33. The second-order valence-corrected chi connectivity index (χ2v) is 5.65. The van der Waals surface area contributed by atoms with Crippen LogP contribution in [0.5, 0.6) is 0 Å². The number of morpholine rings is 1. The minimum Gasteiger partial charge on any atom is -0.378 e. The Balaban J connectivity index is 1.84. The van der Waals surface area contributed by atoms with E-state index >= 15 is 0 Å². The highest BCUT2D eigenvalue weighted by Gasteiger charge is 2.17. The molecule has 7 heteroatoms. The van der Waals surface area contributed by atoms with Gasteiger partial charge in [0.15, 0.2) is 5.82 Å². The molecule has 0 radical (unpaired) electrons. The summed E-state index contributed by atoms with van der Waals surface area (Å²) in [5, 5.41) is 6.08. The summed E-state index contributed by atoms with van der Waals surface area (Å²) in [5.41, 5.74) is 2.46. The van der Waals surface area contributed by atoms with Crippen LogP contribution >= 0.6 is 0 Å². The molecule has 1 aliphatic heterocycles. The Morgan fingerprint density at radius 1 is 1.32 bits per heavy atom. The molecule has 1 saturated heterocycles. The molecule has 0 spiro atoms. The lowest BCUT2D eigenvalue weighted by atomic mass is 10.2. The van der Waals surface area contributed by atoms with Crippen LogP contribution in [0.2, 0.25) is 0 Å². The largest absolute Gasteiger partial charge is 0.378 e. The van der Waals surface area contributed by atoms with Crippen molar-refractivity contribution in [1.82, 2.24) is 9.97 Å². The first-order valence-electron chi connectivity index (χ1n) is 8.12. The summed E-state index contributed by atoms with van der Waals surface area (Å²) in [5.74, 6) is 1.18. The zero-order valence-electron chi connectivity index (χ0n) is 14.2. The van der Waals surface area contributed by atoms with E-state index in [9.17, 15) is 4.79 Å². The molecule has 0 aliphatic carbocycles. The summed E-state index contributed by atoms with van der Waals surface area (Å²) in [7, 11) is 0. The summed E-state index contributed by atoms with van der Waals surface area (Å²) in [6, 6.07) is 7.45. The number of benzene rings is 1. The molecule has 1 fully saturated rings. The number of amides is 1. The Hall–Kier alpha value is -2.93. The number of nitrogens with one attached hydrogen (secondary N) is 2. The SMILES string of the molecule is C=CC(=O)Nc1cccc(Nc2nc(C)ncc2N2CCOCC2)c1. The first kappa shape index (κ1) is 16.9. The fourth-order valence-electron chi connectivity index (χ4n) is 2.60. The van der Waals surface area contributed by atoms with Crippen molar-refractivity contribution in [2.75, 3.05) is 41.8 Å². The maximum Gasteiger partial charge on any atom is 0.247 e. The van der Waals surface area contributed by atoms with E-state index in [1.807, 2.05) is 37.4 Å². The highest BCUT2D eigenvalue weighted by atomic mass is 16.5. The zero-order valence-corrected chi connectivity index (χ0v) is 14.2. The number of aryl methyl sites for hydroxylation is 1. The number of hydrogen-bond donors (Lipinski definition) is 2. The van der Waals surface area contributed by atoms with Gasteiger partial charge in [-0.25, -0.2) is 9.97 Å². The summed E-state index contributed by atoms with van der Waals surface area (Å²) in [4.78, 5) is 22.5. The van der Waals surface area contributed by atoms with Crippen LogP contribution in [0.1, 0.15) is 5.82 Å². The predicted octanol–water partition coefficient (Wildman–Crippen LogP) is 2.49. The number of hydrogen-bond acceptors (Lipinski definition) is 6. The van der Waals surface area contributed by atoms with Gasteiger partial charge in [-0.15, -0.1) is 0 Å². The molecule has 2 N–H and O–H groups in total. The molecule has 1 amide bonds. The molecule has 2 aromatic rings. The number of nitrogens with zero attached hydrogens (tertiary/aromatic N) is 3. The van der Waals surface area contributed by atoms with Crippen molar-refractivity contribution in [3.63, 3.8) is 0 Å². The molecule has 3 rings (SSSR count). The summed E-state index contributed by atoms with van der Waals surface area (Å²) < 4.78 is 5.42. The van der Waals surface area contributed by atoms with Gasteiger partial charge in [0.25, 0.3) is 0 Å². The second-order valence-electron chi connectivity index (χ2n) is 5.65. The minimum absolute atomic E-state index is 0.246. The molecule has 130 valence electrons. The number of carbonyl (C=O) groups excluding carboxylic acids is 1. The number of ether oxygens (including phenoxy) is 1. The molecule has 25 heavy (non-hydrogen) atoms. The van der Waals surface area contributed by atoms with E-state index in [-0.39, 0.29) is 5.91 Å². The van der Waals surface area contributed by atoms with Gasteiger partial charge >= 0.3 is 0 Å². The summed E-state index contributed by atoms with van der Waals surface area (Å²) in [6.07, 6.45) is 3.07. The average molecular weight is 339 g/mol. The van der Waals surface area contributed by atoms with E-state index in [0.29, 0.717) is 24.7 Å². The fraction of sp³-hybridized carbons (Fsp3) is 0.278. The van der Waals surface area contributed by atoms with E-state index in [0.717, 1.165) is 30.3 Å². The van der Waals surface area contributed by atoms with Gasteiger partial charge < -0.3 is 20.3 Å². The molecule has 1 aromatic heterocycles. The number of rotatable bonds is 5. The number of carbonyl (C=O) groups is 1. The van der Waals surface area contributed by atoms with Crippen LogP contribution in [-0.2, 0) is 9.53 Å². The van der Waals surface area contributed by atoms with Crippen LogP contribution in [0.15, 0.2) is 43.1 Å². The van der Waals surface area contributed by atoms with Gasteiger partial charge in [0.05, 0.1) is 25.1 Å². The van der Waals surface area contributed by atoms with Crippen molar-refractivity contribution < 1.29 is 9.53 Å². The molecule has 0 atom stereocenters. The smallest absolute Gasteiger partial charge is 0.247 e. The second kappa shape index (κ2) is 7.76. The molecular formula is C18H21N5O2. The fourth-order valence-corrected chi connectivity index (χ4v) is 2.60. The van der Waals surface area contributed by atoms with Crippen LogP contribution in [-0.4, -0.2) is 42.2 Å². The van der Waals surface area contributed by atoms with Gasteiger partial charge in [-0.1, -0.05) is 12.6 Å². The van der Waals surface area contributed by atoms with Crippen LogP contribution in [0.3, 0.4) is 0 Å². The van der Waals surface area contributed by atoms with E-state index in [1.165, 1.54) is 6.08 Å². The van der Waals surface area contributed by atoms with Gasteiger partial charge in [0.1, 0.15) is 5.82 Å². The van der Waals surface area contributed by atoms with Gasteiger partial charge in [0.2, 0.25) is 5.91 Å². The maximum absolute atomic E-state index is 11.5. The third-order valence-electron chi connectivity index (χ3n) is 3.82. The first-order valence-corrected chi connectivity index (χ1v) is 8.12. The highest BCUT2D eigenvalue weighted by molar-refractivity contribution is 5.99. The predicted molar refractivity (Wildman–Crippen MR) is 98.4 cm³/mol. The Labute approximate surface area is 146 Å². The maximum atomic E-state index is 11.5. The Bertz CT molecular complexity index is 772. The lowest BCUT2D eigenvalue weighted by Gasteiger charge is -2.30. The lowest BCUT2D eigenvalue weighted by Crippen LogP contribution is -2.36. The van der Waals surface area contributed by atoms with Gasteiger partial charge in [-0.05, 0) is 31.2 Å². The molecule has 2 heterocycles. The van der Waals surface area contributed by atoms with Gasteiger partial charge in [-0.3, -0.25) is 4.79 Å². The molecule has 1 aliphatic rings. The van der Waals surface area contributed by atoms with Crippen molar-refractivity contribution in [2.45, 2.75) is 6.92 Å². The van der Waals surface area contributed by atoms with Crippen LogP contribution in [0, 0.1) is 6.92 Å². The highest BCUT2D eigenvalue weighted by Crippen LogP contribution is 2.28. The quantitative estimate of drug-likeness (QED) is 0.815. The topological polar surface area (TPSA) is 79.4 Å². The number of aromatic nitrogens is 2. The Kier molecular flexibility index (Phi) is 5.25. The van der Waals surface area contributed by atoms with Crippen molar-refractivity contribution in [3.8, 4) is 0 Å². The van der Waals surface area contributed by atoms with E-state index < -0.39 is 0 Å². The van der Waals surface area contributed by atoms with E-state index in [1.54, 1.807) is 0 Å². The van der Waals surface area contributed by atoms with Gasteiger partial charge in [-0.2, -0.15) is 0 Å². The summed E-state index contributed by atoms with van der Waals surface area (Å²) >= 11 is 0. The lowest BCUT2D eigenvalue weighted by molar-refractivity contribution is -0.111. The van der Waals surface area contributed by atoms with Crippen molar-refractivity contribution >= 4 is 28.8 Å². The zero-order chi connectivity index (χ0) is 17.6. The van der Waals surface area contributed by atoms with Crippen molar-refractivity contribution in [1.29, 1.82) is 0 Å². The Morgan fingerprint density at radius 3 is 2.84 bits per heavy atom. The molecule has 0 unspecified atom stereocenters. The molecule has 1 aromatic carbocycles. The number of anilines is 4. The van der Waals surface area contributed by atoms with Crippen molar-refractivity contribution in [3.05, 3.63) is 48.9 Å². The molecule has 0 saturated carbocycles. The molecule has 0 bridgehead atoms. The van der Waals surface area contributed by atoms with Gasteiger partial charge in [0, 0.05) is 24.5 Å². The first-order chi connectivity index (χ1) is 12.2. The van der Waals surface area contributed by atoms with E-state index in [4.69, 9.17) is 4.74 Å².